The number of rotatable bonds is 12. The second-order valence-corrected chi connectivity index (χ2v) is 12.3. The molecule has 0 aromatic carbocycles. The molecule has 176 valence electrons. The number of hydrogen-bond donors (Lipinski definition) is 0. The van der Waals surface area contributed by atoms with E-state index in [2.05, 4.69) is 65.8 Å². The van der Waals surface area contributed by atoms with Crippen LogP contribution in [-0.2, 0) is 4.74 Å². The van der Waals surface area contributed by atoms with Crippen LogP contribution < -0.4 is 0 Å². The number of ether oxygens (including phenoxy) is 1. The molecular weight excluding hydrogens is 376 g/mol. The lowest BCUT2D eigenvalue weighted by Crippen LogP contribution is -2.47. The molecule has 4 aliphatic carbocycles. The van der Waals surface area contributed by atoms with Gasteiger partial charge in [0.2, 0.25) is 0 Å². The van der Waals surface area contributed by atoms with Crippen LogP contribution in [0.4, 0.5) is 0 Å². The average molecular weight is 427 g/mol. The topological polar surface area (TPSA) is 9.23 Å². The molecule has 8 unspecified atom stereocenters. The molecule has 0 saturated heterocycles. The molecule has 8 atom stereocenters. The Labute approximate surface area is 193 Å². The van der Waals surface area contributed by atoms with E-state index in [0.29, 0.717) is 23.0 Å². The standard InChI is InChI=1S/C30H50O/c1-7-21(8-2)17-27(29(5)19-23-11-13-25(29)15-23)31-28(18-22(9-3)10-4)30(6)20-24-12-14-26(30)16-24/h11-14,21-28H,7-10,15-20H2,1-6H3. The number of fused-ring (bicyclic) bond motifs is 4. The van der Waals surface area contributed by atoms with E-state index in [1.165, 1.54) is 64.2 Å². The smallest absolute Gasteiger partial charge is 0.0641 e. The zero-order valence-electron chi connectivity index (χ0n) is 21.4. The summed E-state index contributed by atoms with van der Waals surface area (Å²) in [6, 6.07) is 0. The molecule has 4 rings (SSSR count). The van der Waals surface area contributed by atoms with Crippen LogP contribution in [0, 0.1) is 46.3 Å². The molecule has 0 radical (unpaired) electrons. The first-order valence-electron chi connectivity index (χ1n) is 13.9. The summed E-state index contributed by atoms with van der Waals surface area (Å²) in [4.78, 5) is 0. The Bertz CT molecular complexity index is 599. The monoisotopic (exact) mass is 426 g/mol. The van der Waals surface area contributed by atoms with E-state index in [0.717, 1.165) is 35.5 Å². The van der Waals surface area contributed by atoms with Gasteiger partial charge in [-0.05, 0) is 74.0 Å². The molecule has 0 aliphatic heterocycles. The Morgan fingerprint density at radius 2 is 1.06 bits per heavy atom. The highest BCUT2D eigenvalue weighted by molar-refractivity contribution is 5.18. The van der Waals surface area contributed by atoms with Crippen LogP contribution in [0.1, 0.15) is 106 Å². The summed E-state index contributed by atoms with van der Waals surface area (Å²) in [5.41, 5.74) is 0.663. The van der Waals surface area contributed by atoms with Gasteiger partial charge in [0.15, 0.2) is 0 Å². The molecule has 4 aliphatic rings. The lowest BCUT2D eigenvalue weighted by Gasteiger charge is -2.48. The lowest BCUT2D eigenvalue weighted by atomic mass is 9.68. The van der Waals surface area contributed by atoms with Gasteiger partial charge >= 0.3 is 0 Å². The van der Waals surface area contributed by atoms with Gasteiger partial charge in [0.05, 0.1) is 12.2 Å². The van der Waals surface area contributed by atoms with Crippen LogP contribution in [0.3, 0.4) is 0 Å². The van der Waals surface area contributed by atoms with Crippen molar-refractivity contribution in [3.05, 3.63) is 24.3 Å². The van der Waals surface area contributed by atoms with Crippen LogP contribution in [0.15, 0.2) is 24.3 Å². The molecule has 1 heteroatoms. The van der Waals surface area contributed by atoms with Crippen LogP contribution in [0.25, 0.3) is 0 Å². The molecule has 2 saturated carbocycles. The van der Waals surface area contributed by atoms with Crippen molar-refractivity contribution in [1.29, 1.82) is 0 Å². The molecule has 2 fully saturated rings. The fourth-order valence-corrected chi connectivity index (χ4v) is 8.01. The van der Waals surface area contributed by atoms with Gasteiger partial charge in [0, 0.05) is 10.8 Å². The van der Waals surface area contributed by atoms with E-state index in [1.54, 1.807) is 0 Å². The predicted octanol–water partition coefficient (Wildman–Crippen LogP) is 8.60. The van der Waals surface area contributed by atoms with E-state index in [1.807, 2.05) is 0 Å². The third-order valence-electron chi connectivity index (χ3n) is 10.6. The maximum absolute atomic E-state index is 7.53. The summed E-state index contributed by atoms with van der Waals surface area (Å²) in [6.45, 7) is 14.7. The molecule has 0 spiro atoms. The largest absolute Gasteiger partial charge is 0.374 e. The molecule has 0 aromatic heterocycles. The van der Waals surface area contributed by atoms with E-state index in [4.69, 9.17) is 4.74 Å². The first-order valence-corrected chi connectivity index (χ1v) is 13.9. The minimum Gasteiger partial charge on any atom is -0.374 e. The Kier molecular flexibility index (Phi) is 7.12. The molecule has 0 aromatic rings. The van der Waals surface area contributed by atoms with Crippen molar-refractivity contribution < 1.29 is 4.74 Å². The van der Waals surface area contributed by atoms with Gasteiger partial charge < -0.3 is 4.74 Å². The van der Waals surface area contributed by atoms with Gasteiger partial charge in [-0.1, -0.05) is 91.5 Å². The fourth-order valence-electron chi connectivity index (χ4n) is 8.01. The third kappa shape index (κ3) is 4.34. The highest BCUT2D eigenvalue weighted by atomic mass is 16.5. The van der Waals surface area contributed by atoms with Crippen molar-refractivity contribution in [2.75, 3.05) is 0 Å². The van der Waals surface area contributed by atoms with Gasteiger partial charge in [-0.2, -0.15) is 0 Å². The minimum atomic E-state index is 0.331. The van der Waals surface area contributed by atoms with Crippen LogP contribution in [-0.4, -0.2) is 12.2 Å². The zero-order valence-corrected chi connectivity index (χ0v) is 21.4. The second kappa shape index (κ2) is 9.36. The quantitative estimate of drug-likeness (QED) is 0.284. The summed E-state index contributed by atoms with van der Waals surface area (Å²) in [5, 5.41) is 0. The van der Waals surface area contributed by atoms with Crippen molar-refractivity contribution in [3.8, 4) is 0 Å². The van der Waals surface area contributed by atoms with Crippen molar-refractivity contribution in [3.63, 3.8) is 0 Å². The van der Waals surface area contributed by atoms with Crippen molar-refractivity contribution in [2.45, 2.75) is 118 Å². The van der Waals surface area contributed by atoms with Gasteiger partial charge in [-0.25, -0.2) is 0 Å². The van der Waals surface area contributed by atoms with Gasteiger partial charge in [0.1, 0.15) is 0 Å². The molecule has 1 nitrogen and oxygen atoms in total. The summed E-state index contributed by atoms with van der Waals surface area (Å²) < 4.78 is 7.53. The van der Waals surface area contributed by atoms with E-state index in [-0.39, 0.29) is 0 Å². The molecule has 4 bridgehead atoms. The Hall–Kier alpha value is -0.560. The second-order valence-electron chi connectivity index (χ2n) is 12.3. The Balaban J connectivity index is 1.61. The fraction of sp³-hybridized carbons (Fsp3) is 0.867. The van der Waals surface area contributed by atoms with Gasteiger partial charge in [0.25, 0.3) is 0 Å². The molecule has 0 N–H and O–H groups in total. The van der Waals surface area contributed by atoms with Crippen LogP contribution >= 0.6 is 0 Å². The molecule has 0 amide bonds. The first kappa shape index (κ1) is 23.6. The minimum absolute atomic E-state index is 0.331. The summed E-state index contributed by atoms with van der Waals surface area (Å²) in [7, 11) is 0. The summed E-state index contributed by atoms with van der Waals surface area (Å²) in [5.74, 6) is 4.68. The average Bonchev–Trinajstić information content (AvgIpc) is 3.54. The van der Waals surface area contributed by atoms with Crippen molar-refractivity contribution in [1.82, 2.24) is 0 Å². The number of allylic oxidation sites excluding steroid dienone is 4. The van der Waals surface area contributed by atoms with Crippen LogP contribution in [0.2, 0.25) is 0 Å². The van der Waals surface area contributed by atoms with E-state index < -0.39 is 0 Å². The van der Waals surface area contributed by atoms with E-state index in [9.17, 15) is 0 Å². The summed E-state index contributed by atoms with van der Waals surface area (Å²) in [6.07, 6.45) is 24.1. The maximum Gasteiger partial charge on any atom is 0.0641 e. The maximum atomic E-state index is 7.53. The SMILES string of the molecule is CCC(CC)CC(OC(CC(CC)CC)C1(C)CC2C=CC1C2)C1(C)CC2C=CC1C2. The normalized spacial score (nSPS) is 40.0. The number of hydrogen-bond acceptors (Lipinski definition) is 1. The molecule has 31 heavy (non-hydrogen) atoms. The summed E-state index contributed by atoms with van der Waals surface area (Å²) >= 11 is 0. The van der Waals surface area contributed by atoms with Crippen molar-refractivity contribution in [2.24, 2.45) is 46.3 Å². The lowest BCUT2D eigenvalue weighted by molar-refractivity contribution is -0.150. The van der Waals surface area contributed by atoms with Gasteiger partial charge in [-0.3, -0.25) is 0 Å². The zero-order chi connectivity index (χ0) is 22.2. The molecule has 0 heterocycles. The first-order chi connectivity index (χ1) is 14.9. The highest BCUT2D eigenvalue weighted by Crippen LogP contribution is 2.59. The third-order valence-corrected chi connectivity index (χ3v) is 10.6. The van der Waals surface area contributed by atoms with Gasteiger partial charge in [-0.15, -0.1) is 0 Å². The Morgan fingerprint density at radius 1 is 0.677 bits per heavy atom. The Morgan fingerprint density at radius 3 is 1.32 bits per heavy atom. The highest BCUT2D eigenvalue weighted by Gasteiger charge is 2.55. The van der Waals surface area contributed by atoms with Crippen molar-refractivity contribution >= 4 is 0 Å². The van der Waals surface area contributed by atoms with E-state index >= 15 is 0 Å². The molecular formula is C30H50O. The van der Waals surface area contributed by atoms with Crippen LogP contribution in [0.5, 0.6) is 0 Å². The predicted molar refractivity (Wildman–Crippen MR) is 133 cm³/mol.